The summed E-state index contributed by atoms with van der Waals surface area (Å²) in [5.41, 5.74) is 2.38. The molecule has 176 valence electrons. The molecule has 2 aliphatic heterocycles. The van der Waals surface area contributed by atoms with E-state index in [0.717, 1.165) is 26.7 Å². The molecule has 2 amide bonds. The normalized spacial score (nSPS) is 16.0. The number of hydrogen-bond acceptors (Lipinski definition) is 5. The van der Waals surface area contributed by atoms with Gasteiger partial charge < -0.3 is 0 Å². The average molecular weight is 558 g/mol. The second kappa shape index (κ2) is 10.4. The molecule has 3 aromatic carbocycles. The van der Waals surface area contributed by atoms with Crippen LogP contribution in [0.2, 0.25) is 10.0 Å². The highest BCUT2D eigenvalue weighted by Crippen LogP contribution is 2.49. The van der Waals surface area contributed by atoms with Gasteiger partial charge in [0, 0.05) is 32.8 Å². The summed E-state index contributed by atoms with van der Waals surface area (Å²) in [6.07, 6.45) is 2.49. The fourth-order valence-corrected chi connectivity index (χ4v) is 6.62. The van der Waals surface area contributed by atoms with Gasteiger partial charge >= 0.3 is 0 Å². The number of hydrogen-bond donors (Lipinski definition) is 0. The third-order valence-electron chi connectivity index (χ3n) is 5.58. The molecule has 3 aromatic rings. The van der Waals surface area contributed by atoms with E-state index in [0.29, 0.717) is 32.2 Å². The largest absolute Gasteiger partial charge is 0.293 e. The van der Waals surface area contributed by atoms with Gasteiger partial charge in [0.2, 0.25) is 5.91 Å². The van der Waals surface area contributed by atoms with Gasteiger partial charge in [-0.2, -0.15) is 0 Å². The van der Waals surface area contributed by atoms with Crippen molar-refractivity contribution in [3.8, 4) is 0 Å². The van der Waals surface area contributed by atoms with Gasteiger partial charge in [-0.25, -0.2) is 0 Å². The van der Waals surface area contributed by atoms with Crippen LogP contribution in [0, 0.1) is 0 Å². The number of carbonyl (C=O) groups is 2. The molecular weight excluding hydrogens is 539 g/mol. The van der Waals surface area contributed by atoms with Crippen molar-refractivity contribution in [3.05, 3.63) is 87.2 Å². The SMILES string of the molecule is O=C1/C(=C\c2ccccc2Cl)SC(=S)N1CCCC(=O)N1c2ccccc2Sc2ccc(Cl)cc21. The first-order valence-corrected chi connectivity index (χ1v) is 13.6. The molecular formula is C26H18Cl2N2O2S3. The van der Waals surface area contributed by atoms with Gasteiger partial charge in [-0.1, -0.05) is 89.3 Å². The van der Waals surface area contributed by atoms with Crippen molar-refractivity contribution in [1.82, 2.24) is 4.90 Å². The van der Waals surface area contributed by atoms with Crippen LogP contribution in [0.5, 0.6) is 0 Å². The van der Waals surface area contributed by atoms with Crippen LogP contribution < -0.4 is 4.90 Å². The van der Waals surface area contributed by atoms with Gasteiger partial charge in [-0.05, 0) is 54.5 Å². The smallest absolute Gasteiger partial charge is 0.266 e. The summed E-state index contributed by atoms with van der Waals surface area (Å²) in [4.78, 5) is 32.2. The van der Waals surface area contributed by atoms with Crippen LogP contribution >= 0.6 is 58.9 Å². The molecule has 0 saturated carbocycles. The van der Waals surface area contributed by atoms with Crippen molar-refractivity contribution >= 4 is 92.5 Å². The molecule has 0 aliphatic carbocycles. The highest BCUT2D eigenvalue weighted by molar-refractivity contribution is 8.26. The third-order valence-corrected chi connectivity index (χ3v) is 8.66. The maximum Gasteiger partial charge on any atom is 0.266 e. The summed E-state index contributed by atoms with van der Waals surface area (Å²) in [5, 5.41) is 1.15. The molecule has 0 atom stereocenters. The van der Waals surface area contributed by atoms with Crippen molar-refractivity contribution < 1.29 is 9.59 Å². The minimum Gasteiger partial charge on any atom is -0.293 e. The van der Waals surface area contributed by atoms with Gasteiger partial charge in [0.05, 0.1) is 16.3 Å². The number of benzene rings is 3. The van der Waals surface area contributed by atoms with Crippen LogP contribution in [0.4, 0.5) is 11.4 Å². The molecule has 0 N–H and O–H groups in total. The molecule has 2 heterocycles. The lowest BCUT2D eigenvalue weighted by Gasteiger charge is -2.31. The number of para-hydroxylation sites is 1. The molecule has 0 bridgehead atoms. The number of anilines is 2. The number of rotatable bonds is 5. The second-order valence-corrected chi connectivity index (χ2v) is 11.5. The van der Waals surface area contributed by atoms with E-state index in [1.165, 1.54) is 11.8 Å². The summed E-state index contributed by atoms with van der Waals surface area (Å²) >= 11 is 20.8. The lowest BCUT2D eigenvalue weighted by atomic mass is 10.1. The molecule has 0 aromatic heterocycles. The number of nitrogens with zero attached hydrogens (tertiary/aromatic N) is 2. The van der Waals surface area contributed by atoms with E-state index in [4.69, 9.17) is 35.4 Å². The fraction of sp³-hybridized carbons (Fsp3) is 0.115. The van der Waals surface area contributed by atoms with Crippen molar-refractivity contribution in [3.63, 3.8) is 0 Å². The molecule has 5 rings (SSSR count). The van der Waals surface area contributed by atoms with Gasteiger partial charge in [-0.3, -0.25) is 19.4 Å². The van der Waals surface area contributed by atoms with Crippen molar-refractivity contribution in [1.29, 1.82) is 0 Å². The van der Waals surface area contributed by atoms with Crippen LogP contribution in [0.1, 0.15) is 18.4 Å². The first-order valence-electron chi connectivity index (χ1n) is 10.8. The molecule has 9 heteroatoms. The number of carbonyl (C=O) groups excluding carboxylic acids is 2. The van der Waals surface area contributed by atoms with Crippen molar-refractivity contribution in [2.45, 2.75) is 22.6 Å². The number of halogens is 2. The Balaban J connectivity index is 1.30. The summed E-state index contributed by atoms with van der Waals surface area (Å²) < 4.78 is 0.484. The second-order valence-electron chi connectivity index (χ2n) is 7.87. The van der Waals surface area contributed by atoms with Crippen LogP contribution in [-0.4, -0.2) is 27.6 Å². The molecule has 0 spiro atoms. The zero-order chi connectivity index (χ0) is 24.5. The van der Waals surface area contributed by atoms with E-state index >= 15 is 0 Å². The quantitative estimate of drug-likeness (QED) is 0.237. The summed E-state index contributed by atoms with van der Waals surface area (Å²) in [6, 6.07) is 20.7. The van der Waals surface area contributed by atoms with Crippen LogP contribution in [0.3, 0.4) is 0 Å². The van der Waals surface area contributed by atoms with Crippen molar-refractivity contribution in [2.24, 2.45) is 0 Å². The Hall–Kier alpha value is -2.29. The zero-order valence-corrected chi connectivity index (χ0v) is 22.2. The van der Waals surface area contributed by atoms with E-state index in [9.17, 15) is 9.59 Å². The first kappa shape index (κ1) is 24.4. The number of fused-ring (bicyclic) bond motifs is 2. The Morgan fingerprint density at radius 1 is 0.943 bits per heavy atom. The predicted molar refractivity (Wildman–Crippen MR) is 150 cm³/mol. The minimum atomic E-state index is -0.163. The molecule has 4 nitrogen and oxygen atoms in total. The topological polar surface area (TPSA) is 40.6 Å². The summed E-state index contributed by atoms with van der Waals surface area (Å²) in [6.45, 7) is 0.364. The minimum absolute atomic E-state index is 0.0571. The van der Waals surface area contributed by atoms with E-state index in [-0.39, 0.29) is 18.2 Å². The molecule has 35 heavy (non-hydrogen) atoms. The molecule has 2 aliphatic rings. The highest BCUT2D eigenvalue weighted by Gasteiger charge is 2.33. The highest BCUT2D eigenvalue weighted by atomic mass is 35.5. The van der Waals surface area contributed by atoms with Gasteiger partial charge in [0.15, 0.2) is 0 Å². The Bertz CT molecular complexity index is 1390. The van der Waals surface area contributed by atoms with E-state index in [1.54, 1.807) is 33.7 Å². The lowest BCUT2D eigenvalue weighted by Crippen LogP contribution is -2.32. The summed E-state index contributed by atoms with van der Waals surface area (Å²) in [5.74, 6) is -0.220. The maximum absolute atomic E-state index is 13.4. The van der Waals surface area contributed by atoms with Crippen LogP contribution in [0.25, 0.3) is 6.08 Å². The van der Waals surface area contributed by atoms with E-state index < -0.39 is 0 Å². The first-order chi connectivity index (χ1) is 16.9. The number of thiocarbonyl (C=S) groups is 1. The van der Waals surface area contributed by atoms with Crippen LogP contribution in [-0.2, 0) is 9.59 Å². The fourth-order valence-electron chi connectivity index (χ4n) is 3.92. The lowest BCUT2D eigenvalue weighted by molar-refractivity contribution is -0.123. The third kappa shape index (κ3) is 5.01. The Morgan fingerprint density at radius 3 is 2.51 bits per heavy atom. The van der Waals surface area contributed by atoms with Crippen LogP contribution in [0.15, 0.2) is 81.4 Å². The molecule has 1 fully saturated rings. The van der Waals surface area contributed by atoms with E-state index in [1.807, 2.05) is 60.7 Å². The summed E-state index contributed by atoms with van der Waals surface area (Å²) in [7, 11) is 0. The van der Waals surface area contributed by atoms with Crippen molar-refractivity contribution in [2.75, 3.05) is 11.4 Å². The van der Waals surface area contributed by atoms with Gasteiger partial charge in [-0.15, -0.1) is 0 Å². The standard InChI is InChI=1S/C26H18Cl2N2O2S3/c27-17-11-12-22-20(15-17)30(19-8-3-4-9-21(19)34-22)24(31)10-5-13-29-25(32)23(35-26(29)33)14-16-6-1-2-7-18(16)28/h1-4,6-9,11-12,14-15H,5,10,13H2/b23-14+. The monoisotopic (exact) mass is 556 g/mol. The maximum atomic E-state index is 13.4. The van der Waals surface area contributed by atoms with E-state index in [2.05, 4.69) is 0 Å². The zero-order valence-electron chi connectivity index (χ0n) is 18.2. The number of amides is 2. The molecule has 1 saturated heterocycles. The number of thioether (sulfide) groups is 1. The Kier molecular flexibility index (Phi) is 7.23. The van der Waals surface area contributed by atoms with Gasteiger partial charge in [0.25, 0.3) is 5.91 Å². The molecule has 0 unspecified atom stereocenters. The Morgan fingerprint density at radius 2 is 1.69 bits per heavy atom. The molecule has 0 radical (unpaired) electrons. The average Bonchev–Trinajstić information content (AvgIpc) is 3.11. The Labute approximate surface area is 227 Å². The predicted octanol–water partition coefficient (Wildman–Crippen LogP) is 7.80. The van der Waals surface area contributed by atoms with Gasteiger partial charge in [0.1, 0.15) is 4.32 Å².